The maximum absolute atomic E-state index is 2.51. The highest BCUT2D eigenvalue weighted by molar-refractivity contribution is 6.07. The molecule has 0 N–H and O–H groups in total. The monoisotopic (exact) mass is 902 g/mol. The molecule has 0 bridgehead atoms. The fourth-order valence-electron chi connectivity index (χ4n) is 12.0. The molecule has 0 heterocycles. The van der Waals surface area contributed by atoms with Crippen LogP contribution in [0, 0.1) is 0 Å². The topological polar surface area (TPSA) is 6.48 Å². The highest BCUT2D eigenvalue weighted by Gasteiger charge is 2.52. The van der Waals surface area contributed by atoms with E-state index in [9.17, 15) is 0 Å². The molecule has 0 radical (unpaired) electrons. The maximum Gasteiger partial charge on any atom is 0.0727 e. The summed E-state index contributed by atoms with van der Waals surface area (Å²) in [7, 11) is 0. The molecular weight excluding hydrogens is 857 g/mol. The summed E-state index contributed by atoms with van der Waals surface area (Å²) in [5.41, 5.74) is 21.0. The van der Waals surface area contributed by atoms with E-state index in [0.29, 0.717) is 0 Å². The number of hydrogen-bond donors (Lipinski definition) is 0. The average Bonchev–Trinajstić information content (AvgIpc) is 3.91. The maximum atomic E-state index is 2.51. The van der Waals surface area contributed by atoms with E-state index in [4.69, 9.17) is 0 Å². The van der Waals surface area contributed by atoms with Gasteiger partial charge in [-0.3, -0.25) is 0 Å². The van der Waals surface area contributed by atoms with Gasteiger partial charge in [0.15, 0.2) is 0 Å². The number of anilines is 6. The molecule has 0 aromatic heterocycles. The minimum atomic E-state index is -0.613. The van der Waals surface area contributed by atoms with Gasteiger partial charge in [-0.05, 0) is 144 Å². The lowest BCUT2D eigenvalue weighted by molar-refractivity contribution is 0.793. The molecule has 2 aliphatic carbocycles. The molecule has 0 amide bonds. The number of para-hydroxylation sites is 3. The van der Waals surface area contributed by atoms with Crippen molar-refractivity contribution in [1.29, 1.82) is 0 Å². The molecule has 12 aromatic rings. The molecule has 14 rings (SSSR count). The van der Waals surface area contributed by atoms with Gasteiger partial charge in [-0.25, -0.2) is 0 Å². The van der Waals surface area contributed by atoms with Gasteiger partial charge in [0.25, 0.3) is 0 Å². The van der Waals surface area contributed by atoms with Crippen molar-refractivity contribution >= 4 is 55.7 Å². The van der Waals surface area contributed by atoms with Gasteiger partial charge >= 0.3 is 0 Å². The van der Waals surface area contributed by atoms with Crippen LogP contribution in [0.5, 0.6) is 0 Å². The van der Waals surface area contributed by atoms with Crippen LogP contribution in [0.25, 0.3) is 66.1 Å². The van der Waals surface area contributed by atoms with Crippen molar-refractivity contribution in [3.8, 4) is 44.5 Å². The number of nitrogens with zero attached hydrogens (tertiary/aromatic N) is 2. The lowest BCUT2D eigenvalue weighted by Gasteiger charge is -2.34. The van der Waals surface area contributed by atoms with Crippen LogP contribution in [-0.4, -0.2) is 0 Å². The van der Waals surface area contributed by atoms with E-state index in [1.807, 2.05) is 0 Å². The van der Waals surface area contributed by atoms with E-state index in [1.54, 1.807) is 0 Å². The van der Waals surface area contributed by atoms with Crippen LogP contribution < -0.4 is 9.80 Å². The predicted molar refractivity (Wildman–Crippen MR) is 298 cm³/mol. The van der Waals surface area contributed by atoms with Gasteiger partial charge in [-0.2, -0.15) is 0 Å². The van der Waals surface area contributed by atoms with Crippen LogP contribution in [-0.2, 0) is 5.41 Å². The smallest absolute Gasteiger partial charge is 0.0727 e. The van der Waals surface area contributed by atoms with Crippen LogP contribution in [0.3, 0.4) is 0 Å². The molecule has 1 unspecified atom stereocenters. The molecule has 12 aromatic carbocycles. The Bertz CT molecular complexity index is 4000. The lowest BCUT2D eigenvalue weighted by Crippen LogP contribution is -2.26. The number of hydrogen-bond acceptors (Lipinski definition) is 2. The minimum Gasteiger partial charge on any atom is -0.310 e. The molecule has 332 valence electrons. The van der Waals surface area contributed by atoms with E-state index < -0.39 is 5.41 Å². The van der Waals surface area contributed by atoms with Crippen molar-refractivity contribution < 1.29 is 0 Å². The average molecular weight is 903 g/mol. The van der Waals surface area contributed by atoms with Gasteiger partial charge in [-0.1, -0.05) is 212 Å². The first-order valence-corrected chi connectivity index (χ1v) is 24.6. The first-order chi connectivity index (χ1) is 35.2. The molecule has 71 heavy (non-hydrogen) atoms. The highest BCUT2D eigenvalue weighted by Crippen LogP contribution is 2.64. The quantitative estimate of drug-likeness (QED) is 0.150. The lowest BCUT2D eigenvalue weighted by atomic mass is 9.70. The second kappa shape index (κ2) is 16.5. The highest BCUT2D eigenvalue weighted by atomic mass is 15.2. The molecule has 1 spiro atoms. The third-order valence-electron chi connectivity index (χ3n) is 15.0. The number of benzene rings is 12. The van der Waals surface area contributed by atoms with Gasteiger partial charge in [0.1, 0.15) is 0 Å². The molecule has 0 aliphatic heterocycles. The first-order valence-electron chi connectivity index (χ1n) is 24.6. The summed E-state index contributed by atoms with van der Waals surface area (Å²) < 4.78 is 0. The van der Waals surface area contributed by atoms with Crippen molar-refractivity contribution in [2.45, 2.75) is 5.41 Å². The normalized spacial score (nSPS) is 14.0. The van der Waals surface area contributed by atoms with Gasteiger partial charge in [0, 0.05) is 33.9 Å². The van der Waals surface area contributed by atoms with Crippen LogP contribution >= 0.6 is 0 Å². The zero-order valence-corrected chi connectivity index (χ0v) is 39.0. The summed E-state index contributed by atoms with van der Waals surface area (Å²) in [6, 6.07) is 103. The van der Waals surface area contributed by atoms with Crippen molar-refractivity contribution in [3.63, 3.8) is 0 Å². The number of fused-ring (bicyclic) bond motifs is 12. The third-order valence-corrected chi connectivity index (χ3v) is 15.0. The van der Waals surface area contributed by atoms with E-state index >= 15 is 0 Å². The van der Waals surface area contributed by atoms with Crippen LogP contribution in [0.15, 0.2) is 279 Å². The fourth-order valence-corrected chi connectivity index (χ4v) is 12.0. The molecular formula is C69H46N2. The molecule has 1 atom stereocenters. The Hall–Kier alpha value is -9.24. The second-order valence-electron chi connectivity index (χ2n) is 18.8. The van der Waals surface area contributed by atoms with Crippen LogP contribution in [0.1, 0.15) is 22.3 Å². The van der Waals surface area contributed by atoms with Gasteiger partial charge < -0.3 is 9.80 Å². The number of rotatable bonds is 8. The summed E-state index contributed by atoms with van der Waals surface area (Å²) in [4.78, 5) is 4.94. The van der Waals surface area contributed by atoms with Crippen LogP contribution in [0.4, 0.5) is 34.1 Å². The molecule has 0 fully saturated rings. The molecule has 0 saturated heterocycles. The third kappa shape index (κ3) is 6.35. The van der Waals surface area contributed by atoms with Crippen molar-refractivity contribution in [3.05, 3.63) is 301 Å². The molecule has 2 heteroatoms. The Labute approximate surface area is 414 Å². The van der Waals surface area contributed by atoms with Crippen molar-refractivity contribution in [2.24, 2.45) is 0 Å². The van der Waals surface area contributed by atoms with Crippen molar-refractivity contribution in [1.82, 2.24) is 0 Å². The molecule has 2 aliphatic rings. The van der Waals surface area contributed by atoms with Crippen molar-refractivity contribution in [2.75, 3.05) is 9.80 Å². The summed E-state index contributed by atoms with van der Waals surface area (Å²) >= 11 is 0. The van der Waals surface area contributed by atoms with E-state index in [1.165, 1.54) is 88.3 Å². The zero-order chi connectivity index (χ0) is 46.9. The zero-order valence-electron chi connectivity index (χ0n) is 39.0. The summed E-state index contributed by atoms with van der Waals surface area (Å²) in [5.74, 6) is 0. The standard InChI is InChI=1S/C69H46N2/c1-4-21-48(22-5-1)56-29-16-19-35-66(56)70(52-25-6-2-7-26-52)54-39-41-60-58-31-14-17-33-62(58)69(64(60)45-54)63-34-18-15-32-59(63)61-42-40-55(46-65(61)69)71(53-27-8-3-9-28-53)67-43-38-49-23-12-13-30-57(49)68(67)51-37-36-47-20-10-11-24-50(47)44-51/h1-46H. The van der Waals surface area contributed by atoms with Crippen LogP contribution in [0.2, 0.25) is 0 Å². The summed E-state index contributed by atoms with van der Waals surface area (Å²) in [5, 5.41) is 4.88. The fraction of sp³-hybridized carbons (Fsp3) is 0.0145. The summed E-state index contributed by atoms with van der Waals surface area (Å²) in [6.07, 6.45) is 0. The van der Waals surface area contributed by atoms with E-state index in [-0.39, 0.29) is 0 Å². The van der Waals surface area contributed by atoms with E-state index in [2.05, 4.69) is 289 Å². The molecule has 2 nitrogen and oxygen atoms in total. The Morgan fingerprint density at radius 2 is 0.704 bits per heavy atom. The molecule has 0 saturated carbocycles. The second-order valence-corrected chi connectivity index (χ2v) is 18.8. The Balaban J connectivity index is 1.03. The Kier molecular flexibility index (Phi) is 9.47. The Morgan fingerprint density at radius 3 is 1.34 bits per heavy atom. The summed E-state index contributed by atoms with van der Waals surface area (Å²) in [6.45, 7) is 0. The SMILES string of the molecule is c1ccc(-c2ccccc2N(c2ccccc2)c2ccc3c(c2)C2(c4ccccc4-3)c3ccccc3-c3ccc(N(c4ccccc4)c4ccc5ccccc5c4-c4ccc5ccccc5c4)cc32)cc1. The minimum absolute atomic E-state index is 0.613. The first kappa shape index (κ1) is 40.8. The largest absolute Gasteiger partial charge is 0.310 e. The van der Waals surface area contributed by atoms with Gasteiger partial charge in [0.2, 0.25) is 0 Å². The predicted octanol–water partition coefficient (Wildman–Crippen LogP) is 18.6. The van der Waals surface area contributed by atoms with E-state index in [0.717, 1.165) is 34.1 Å². The van der Waals surface area contributed by atoms with Gasteiger partial charge in [-0.15, -0.1) is 0 Å². The Morgan fingerprint density at radius 1 is 0.239 bits per heavy atom. The van der Waals surface area contributed by atoms with Gasteiger partial charge in [0.05, 0.1) is 16.8 Å².